The second kappa shape index (κ2) is 5.72. The van der Waals surface area contributed by atoms with Gasteiger partial charge in [-0.3, -0.25) is 0 Å². The molecule has 94 valence electrons. The number of rotatable bonds is 3. The van der Waals surface area contributed by atoms with E-state index in [-0.39, 0.29) is 5.82 Å². The molecule has 2 aromatic rings. The highest BCUT2D eigenvalue weighted by molar-refractivity contribution is 9.08. The lowest BCUT2D eigenvalue weighted by molar-refractivity contribution is 0.472. The van der Waals surface area contributed by atoms with Gasteiger partial charge < -0.3 is 4.74 Å². The van der Waals surface area contributed by atoms with Gasteiger partial charge in [0.2, 0.25) is 0 Å². The first-order valence-corrected chi connectivity index (χ1v) is 6.88. The topological polar surface area (TPSA) is 9.23 Å². The molecule has 0 atom stereocenters. The molecule has 0 bridgehead atoms. The van der Waals surface area contributed by atoms with E-state index in [4.69, 9.17) is 16.3 Å². The van der Waals surface area contributed by atoms with E-state index in [9.17, 15) is 4.39 Å². The first-order chi connectivity index (χ1) is 8.60. The third kappa shape index (κ3) is 3.03. The molecule has 4 heteroatoms. The van der Waals surface area contributed by atoms with Gasteiger partial charge in [-0.05, 0) is 30.7 Å². The maximum absolute atomic E-state index is 13.4. The highest BCUT2D eigenvalue weighted by Gasteiger charge is 2.07. The minimum absolute atomic E-state index is 0.282. The predicted molar refractivity (Wildman–Crippen MR) is 75.3 cm³/mol. The van der Waals surface area contributed by atoms with Crippen LogP contribution in [0.15, 0.2) is 36.4 Å². The van der Waals surface area contributed by atoms with Gasteiger partial charge in [0, 0.05) is 22.0 Å². The van der Waals surface area contributed by atoms with Crippen LogP contribution in [0, 0.1) is 12.7 Å². The Balaban J connectivity index is 2.33. The Hall–Kier alpha value is -1.06. The van der Waals surface area contributed by atoms with E-state index >= 15 is 0 Å². The molecule has 0 aliphatic heterocycles. The van der Waals surface area contributed by atoms with Crippen LogP contribution in [-0.2, 0) is 5.33 Å². The van der Waals surface area contributed by atoms with Gasteiger partial charge in [-0.1, -0.05) is 39.7 Å². The number of aryl methyl sites for hydroxylation is 1. The van der Waals surface area contributed by atoms with Gasteiger partial charge in [0.15, 0.2) is 0 Å². The van der Waals surface area contributed by atoms with Crippen LogP contribution in [0.3, 0.4) is 0 Å². The minimum atomic E-state index is -0.282. The Morgan fingerprint density at radius 1 is 1.22 bits per heavy atom. The lowest BCUT2D eigenvalue weighted by Crippen LogP contribution is -1.91. The van der Waals surface area contributed by atoms with Crippen molar-refractivity contribution >= 4 is 27.5 Å². The van der Waals surface area contributed by atoms with Crippen molar-refractivity contribution in [1.82, 2.24) is 0 Å². The van der Waals surface area contributed by atoms with Crippen molar-refractivity contribution in [3.05, 3.63) is 58.4 Å². The van der Waals surface area contributed by atoms with Crippen LogP contribution in [0.5, 0.6) is 11.5 Å². The zero-order chi connectivity index (χ0) is 13.1. The number of hydrogen-bond acceptors (Lipinski definition) is 1. The predicted octanol–water partition coefficient (Wildman–Crippen LogP) is 5.47. The fourth-order valence-corrected chi connectivity index (χ4v) is 2.12. The first-order valence-electron chi connectivity index (χ1n) is 5.38. The number of ether oxygens (including phenoxy) is 1. The summed E-state index contributed by atoms with van der Waals surface area (Å²) in [6.07, 6.45) is 0. The van der Waals surface area contributed by atoms with Crippen molar-refractivity contribution in [2.24, 2.45) is 0 Å². The monoisotopic (exact) mass is 328 g/mol. The third-order valence-electron chi connectivity index (χ3n) is 2.54. The molecule has 0 saturated carbocycles. The summed E-state index contributed by atoms with van der Waals surface area (Å²) >= 11 is 9.30. The molecule has 0 aliphatic rings. The smallest absolute Gasteiger partial charge is 0.132 e. The summed E-state index contributed by atoms with van der Waals surface area (Å²) < 4.78 is 19.1. The summed E-state index contributed by atoms with van der Waals surface area (Å²) in [4.78, 5) is 0. The Morgan fingerprint density at radius 3 is 2.67 bits per heavy atom. The van der Waals surface area contributed by atoms with E-state index in [1.165, 1.54) is 6.07 Å². The highest BCUT2D eigenvalue weighted by Crippen LogP contribution is 2.30. The van der Waals surface area contributed by atoms with Gasteiger partial charge in [0.1, 0.15) is 17.3 Å². The molecule has 0 spiro atoms. The Kier molecular flexibility index (Phi) is 4.25. The minimum Gasteiger partial charge on any atom is -0.457 e. The maximum atomic E-state index is 13.4. The van der Waals surface area contributed by atoms with E-state index in [0.717, 1.165) is 5.56 Å². The number of benzene rings is 2. The van der Waals surface area contributed by atoms with E-state index in [1.54, 1.807) is 31.2 Å². The van der Waals surface area contributed by atoms with Gasteiger partial charge in [0.25, 0.3) is 0 Å². The molecule has 0 radical (unpaired) electrons. The van der Waals surface area contributed by atoms with Crippen LogP contribution < -0.4 is 4.74 Å². The number of hydrogen-bond donors (Lipinski definition) is 0. The van der Waals surface area contributed by atoms with Gasteiger partial charge in [0.05, 0.1) is 0 Å². The molecule has 0 unspecified atom stereocenters. The van der Waals surface area contributed by atoms with Crippen LogP contribution in [0.1, 0.15) is 11.1 Å². The van der Waals surface area contributed by atoms with Crippen molar-refractivity contribution in [1.29, 1.82) is 0 Å². The largest absolute Gasteiger partial charge is 0.457 e. The van der Waals surface area contributed by atoms with Gasteiger partial charge in [-0.25, -0.2) is 4.39 Å². The highest BCUT2D eigenvalue weighted by atomic mass is 79.9. The van der Waals surface area contributed by atoms with Gasteiger partial charge in [-0.2, -0.15) is 0 Å². The summed E-state index contributed by atoms with van der Waals surface area (Å²) in [6.45, 7) is 1.71. The molecule has 0 fully saturated rings. The standard InChI is InChI=1S/C14H11BrClFO/c1-9-2-5-12(7-13(9)17)18-14-6-11(16)4-3-10(14)8-15/h2-7H,8H2,1H3. The molecule has 2 aromatic carbocycles. The zero-order valence-electron chi connectivity index (χ0n) is 9.71. The average molecular weight is 330 g/mol. The van der Waals surface area contributed by atoms with Crippen molar-refractivity contribution in [2.45, 2.75) is 12.3 Å². The molecule has 18 heavy (non-hydrogen) atoms. The Labute approximate surface area is 119 Å². The Bertz CT molecular complexity index is 572. The summed E-state index contributed by atoms with van der Waals surface area (Å²) in [5.74, 6) is 0.806. The van der Waals surface area contributed by atoms with Crippen LogP contribution in [0.25, 0.3) is 0 Å². The summed E-state index contributed by atoms with van der Waals surface area (Å²) in [7, 11) is 0. The van der Waals surface area contributed by atoms with Crippen LogP contribution in [-0.4, -0.2) is 0 Å². The fourth-order valence-electron chi connectivity index (χ4n) is 1.50. The van der Waals surface area contributed by atoms with Crippen molar-refractivity contribution < 1.29 is 9.13 Å². The normalized spacial score (nSPS) is 10.4. The molecule has 0 saturated heterocycles. The van der Waals surface area contributed by atoms with Crippen molar-refractivity contribution in [2.75, 3.05) is 0 Å². The second-order valence-corrected chi connectivity index (χ2v) is 4.90. The lowest BCUT2D eigenvalue weighted by Gasteiger charge is -2.10. The first kappa shape index (κ1) is 13.4. The van der Waals surface area contributed by atoms with Crippen LogP contribution >= 0.6 is 27.5 Å². The molecule has 1 nitrogen and oxygen atoms in total. The molecule has 0 aromatic heterocycles. The molecule has 0 N–H and O–H groups in total. The molecular weight excluding hydrogens is 319 g/mol. The Morgan fingerprint density at radius 2 is 2.00 bits per heavy atom. The quantitative estimate of drug-likeness (QED) is 0.678. The van der Waals surface area contributed by atoms with Gasteiger partial charge in [-0.15, -0.1) is 0 Å². The van der Waals surface area contributed by atoms with E-state index < -0.39 is 0 Å². The second-order valence-electron chi connectivity index (χ2n) is 3.90. The summed E-state index contributed by atoms with van der Waals surface area (Å²) in [6, 6.07) is 10.2. The van der Waals surface area contributed by atoms with Gasteiger partial charge >= 0.3 is 0 Å². The average Bonchev–Trinajstić information content (AvgIpc) is 2.34. The molecule has 2 rings (SSSR count). The fraction of sp³-hybridized carbons (Fsp3) is 0.143. The summed E-state index contributed by atoms with van der Waals surface area (Å²) in [5.41, 5.74) is 1.55. The molecule has 0 heterocycles. The summed E-state index contributed by atoms with van der Waals surface area (Å²) in [5, 5.41) is 1.23. The zero-order valence-corrected chi connectivity index (χ0v) is 12.1. The van der Waals surface area contributed by atoms with Crippen molar-refractivity contribution in [3.63, 3.8) is 0 Å². The van der Waals surface area contributed by atoms with Crippen molar-refractivity contribution in [3.8, 4) is 11.5 Å². The third-order valence-corrected chi connectivity index (χ3v) is 3.38. The van der Waals surface area contributed by atoms with Crippen LogP contribution in [0.2, 0.25) is 5.02 Å². The van der Waals surface area contributed by atoms with E-state index in [2.05, 4.69) is 15.9 Å². The number of alkyl halides is 1. The van der Waals surface area contributed by atoms with E-state index in [1.807, 2.05) is 6.07 Å². The lowest BCUT2D eigenvalue weighted by atomic mass is 10.2. The SMILES string of the molecule is Cc1ccc(Oc2cc(Cl)ccc2CBr)cc1F. The number of halogens is 3. The van der Waals surface area contributed by atoms with Crippen LogP contribution in [0.4, 0.5) is 4.39 Å². The molecular formula is C14H11BrClFO. The van der Waals surface area contributed by atoms with E-state index in [0.29, 0.717) is 27.4 Å². The molecule has 0 aliphatic carbocycles. The maximum Gasteiger partial charge on any atom is 0.132 e. The molecule has 0 amide bonds.